The normalized spacial score (nSPS) is 9.92. The topological polar surface area (TPSA) is 30.0 Å². The molecule has 0 aliphatic rings. The monoisotopic (exact) mass is 227 g/mol. The maximum absolute atomic E-state index is 11.2. The van der Waals surface area contributed by atoms with E-state index in [0.29, 0.717) is 11.0 Å². The van der Waals surface area contributed by atoms with E-state index in [1.807, 2.05) is 19.9 Å². The molecule has 0 saturated heterocycles. The zero-order valence-corrected chi connectivity index (χ0v) is 8.68. The summed E-state index contributed by atoms with van der Waals surface area (Å²) in [6.45, 7) is 3.88. The minimum atomic E-state index is 0.0260. The lowest BCUT2D eigenvalue weighted by Crippen LogP contribution is -2.04. The molecular weight excluding hydrogens is 218 g/mol. The zero-order chi connectivity index (χ0) is 9.14. The quantitative estimate of drug-likeness (QED) is 0.574. The van der Waals surface area contributed by atoms with Crippen molar-refractivity contribution in [1.82, 2.24) is 4.98 Å². The van der Waals surface area contributed by atoms with Crippen LogP contribution in [-0.4, -0.2) is 16.1 Å². The predicted octanol–water partition coefficient (Wildman–Crippen LogP) is 2.28. The van der Waals surface area contributed by atoms with E-state index < -0.39 is 0 Å². The highest BCUT2D eigenvalue weighted by molar-refractivity contribution is 9.09. The van der Waals surface area contributed by atoms with E-state index in [2.05, 4.69) is 20.9 Å². The molecule has 0 aromatic carbocycles. The van der Waals surface area contributed by atoms with E-state index >= 15 is 0 Å². The molecule has 0 N–H and O–H groups in total. The van der Waals surface area contributed by atoms with Gasteiger partial charge in [-0.05, 0) is 25.5 Å². The van der Waals surface area contributed by atoms with Gasteiger partial charge in [0.1, 0.15) is 5.69 Å². The Kier molecular flexibility index (Phi) is 2.98. The molecule has 0 fully saturated rings. The van der Waals surface area contributed by atoms with Crippen molar-refractivity contribution in [2.45, 2.75) is 13.8 Å². The molecule has 1 aromatic heterocycles. The van der Waals surface area contributed by atoms with Crippen molar-refractivity contribution < 1.29 is 4.79 Å². The van der Waals surface area contributed by atoms with Gasteiger partial charge in [0, 0.05) is 5.69 Å². The number of carbonyl (C=O) groups is 1. The summed E-state index contributed by atoms with van der Waals surface area (Å²) in [6, 6.07) is 3.67. The van der Waals surface area contributed by atoms with Crippen molar-refractivity contribution in [3.05, 3.63) is 29.1 Å². The van der Waals surface area contributed by atoms with Crippen LogP contribution in [0.2, 0.25) is 0 Å². The van der Waals surface area contributed by atoms with Crippen molar-refractivity contribution in [2.75, 3.05) is 5.33 Å². The maximum Gasteiger partial charge on any atom is 0.191 e. The van der Waals surface area contributed by atoms with Gasteiger partial charge >= 0.3 is 0 Å². The van der Waals surface area contributed by atoms with E-state index in [-0.39, 0.29) is 5.78 Å². The standard InChI is InChI=1S/C9H10BrNO/c1-6-3-4-8(9(12)5-10)11-7(6)2/h3-4H,5H2,1-2H3. The highest BCUT2D eigenvalue weighted by Crippen LogP contribution is 2.06. The van der Waals surface area contributed by atoms with E-state index in [1.54, 1.807) is 6.07 Å². The number of alkyl halides is 1. The molecule has 12 heavy (non-hydrogen) atoms. The molecule has 0 atom stereocenters. The van der Waals surface area contributed by atoms with Gasteiger partial charge in [0.15, 0.2) is 5.78 Å². The van der Waals surface area contributed by atoms with Crippen LogP contribution in [0, 0.1) is 13.8 Å². The molecule has 1 aromatic rings. The molecule has 64 valence electrons. The summed E-state index contributed by atoms with van der Waals surface area (Å²) in [6.07, 6.45) is 0. The number of aromatic nitrogens is 1. The summed E-state index contributed by atoms with van der Waals surface area (Å²) < 4.78 is 0. The Morgan fingerprint density at radius 2 is 2.17 bits per heavy atom. The average molecular weight is 228 g/mol. The second-order valence-electron chi connectivity index (χ2n) is 2.66. The molecule has 2 nitrogen and oxygen atoms in total. The fourth-order valence-electron chi connectivity index (χ4n) is 0.854. The van der Waals surface area contributed by atoms with Crippen LogP contribution >= 0.6 is 15.9 Å². The maximum atomic E-state index is 11.2. The minimum absolute atomic E-state index is 0.0260. The zero-order valence-electron chi connectivity index (χ0n) is 7.10. The van der Waals surface area contributed by atoms with E-state index in [4.69, 9.17) is 0 Å². The minimum Gasteiger partial charge on any atom is -0.291 e. The molecule has 1 heterocycles. The molecule has 0 amide bonds. The Bertz CT molecular complexity index is 309. The van der Waals surface area contributed by atoms with Crippen LogP contribution in [0.3, 0.4) is 0 Å². The fourth-order valence-corrected chi connectivity index (χ4v) is 1.14. The summed E-state index contributed by atoms with van der Waals surface area (Å²) in [5.74, 6) is 0.0260. The predicted molar refractivity (Wildman–Crippen MR) is 51.8 cm³/mol. The molecule has 0 aliphatic carbocycles. The molecule has 3 heteroatoms. The Morgan fingerprint density at radius 3 is 2.67 bits per heavy atom. The van der Waals surface area contributed by atoms with Crippen LogP contribution < -0.4 is 0 Å². The van der Waals surface area contributed by atoms with Crippen LogP contribution in [0.5, 0.6) is 0 Å². The second-order valence-corrected chi connectivity index (χ2v) is 3.22. The van der Waals surface area contributed by atoms with Crippen molar-refractivity contribution in [1.29, 1.82) is 0 Å². The van der Waals surface area contributed by atoms with Crippen molar-refractivity contribution in [3.63, 3.8) is 0 Å². The Labute approximate surface area is 80.1 Å². The van der Waals surface area contributed by atoms with Crippen LogP contribution in [0.25, 0.3) is 0 Å². The molecular formula is C9H10BrNO. The van der Waals surface area contributed by atoms with Gasteiger partial charge in [-0.25, -0.2) is 4.98 Å². The number of halogens is 1. The van der Waals surface area contributed by atoms with Gasteiger partial charge in [-0.2, -0.15) is 0 Å². The van der Waals surface area contributed by atoms with Gasteiger partial charge in [-0.1, -0.05) is 22.0 Å². The number of hydrogen-bond donors (Lipinski definition) is 0. The summed E-state index contributed by atoms with van der Waals surface area (Å²) >= 11 is 3.11. The average Bonchev–Trinajstić information content (AvgIpc) is 2.08. The van der Waals surface area contributed by atoms with E-state index in [0.717, 1.165) is 11.3 Å². The largest absolute Gasteiger partial charge is 0.291 e. The SMILES string of the molecule is Cc1ccc(C(=O)CBr)nc1C. The van der Waals surface area contributed by atoms with Gasteiger partial charge in [0.05, 0.1) is 5.33 Å². The third-order valence-corrected chi connectivity index (χ3v) is 2.27. The van der Waals surface area contributed by atoms with Crippen LogP contribution in [-0.2, 0) is 0 Å². The first kappa shape index (κ1) is 9.39. The third-order valence-electron chi connectivity index (χ3n) is 1.76. The molecule has 0 saturated carbocycles. The number of hydrogen-bond acceptors (Lipinski definition) is 2. The van der Waals surface area contributed by atoms with Crippen molar-refractivity contribution >= 4 is 21.7 Å². The fraction of sp³-hybridized carbons (Fsp3) is 0.333. The molecule has 0 spiro atoms. The van der Waals surface area contributed by atoms with Gasteiger partial charge in [-0.3, -0.25) is 4.79 Å². The van der Waals surface area contributed by atoms with Crippen molar-refractivity contribution in [3.8, 4) is 0 Å². The first-order valence-corrected chi connectivity index (χ1v) is 4.80. The molecule has 0 aliphatic heterocycles. The summed E-state index contributed by atoms with van der Waals surface area (Å²) in [7, 11) is 0. The molecule has 0 unspecified atom stereocenters. The second kappa shape index (κ2) is 3.81. The first-order chi connectivity index (χ1) is 5.65. The van der Waals surface area contributed by atoms with Crippen LogP contribution in [0.15, 0.2) is 12.1 Å². The number of carbonyl (C=O) groups excluding carboxylic acids is 1. The number of Topliss-reactive ketones (excluding diaryl/α,β-unsaturated/α-hetero) is 1. The van der Waals surface area contributed by atoms with Gasteiger partial charge in [0.2, 0.25) is 0 Å². The van der Waals surface area contributed by atoms with E-state index in [9.17, 15) is 4.79 Å². The number of aryl methyl sites for hydroxylation is 2. The number of rotatable bonds is 2. The smallest absolute Gasteiger partial charge is 0.191 e. The van der Waals surface area contributed by atoms with Crippen LogP contribution in [0.4, 0.5) is 0 Å². The Balaban J connectivity index is 3.05. The number of pyridine rings is 1. The Morgan fingerprint density at radius 1 is 1.50 bits per heavy atom. The molecule has 1 rings (SSSR count). The first-order valence-electron chi connectivity index (χ1n) is 3.68. The van der Waals surface area contributed by atoms with Gasteiger partial charge in [-0.15, -0.1) is 0 Å². The lowest BCUT2D eigenvalue weighted by molar-refractivity contribution is 0.101. The molecule has 0 radical (unpaired) electrons. The number of ketones is 1. The highest BCUT2D eigenvalue weighted by Gasteiger charge is 2.05. The third kappa shape index (κ3) is 1.91. The lowest BCUT2D eigenvalue weighted by atomic mass is 10.2. The van der Waals surface area contributed by atoms with Gasteiger partial charge < -0.3 is 0 Å². The highest BCUT2D eigenvalue weighted by atomic mass is 79.9. The Hall–Kier alpha value is -0.700. The van der Waals surface area contributed by atoms with Crippen LogP contribution in [0.1, 0.15) is 21.7 Å². The number of nitrogens with zero attached hydrogens (tertiary/aromatic N) is 1. The summed E-state index contributed by atoms with van der Waals surface area (Å²) in [5.41, 5.74) is 2.57. The van der Waals surface area contributed by atoms with E-state index in [1.165, 1.54) is 0 Å². The molecule has 0 bridgehead atoms. The van der Waals surface area contributed by atoms with Crippen molar-refractivity contribution in [2.24, 2.45) is 0 Å². The summed E-state index contributed by atoms with van der Waals surface area (Å²) in [5, 5.41) is 0.336. The lowest BCUT2D eigenvalue weighted by Gasteiger charge is -2.00. The summed E-state index contributed by atoms with van der Waals surface area (Å²) in [4.78, 5) is 15.3. The van der Waals surface area contributed by atoms with Gasteiger partial charge in [0.25, 0.3) is 0 Å².